The van der Waals surface area contributed by atoms with Gasteiger partial charge in [-0.25, -0.2) is 0 Å². The third kappa shape index (κ3) is 3.49. The Labute approximate surface area is 62.2 Å². The minimum Gasteiger partial charge on any atom is -0.391 e. The molecule has 0 fully saturated rings. The molecule has 0 aliphatic heterocycles. The molecule has 0 aliphatic carbocycles. The molecule has 2 nitrogen and oxygen atoms in total. The summed E-state index contributed by atoms with van der Waals surface area (Å²) >= 11 is 0. The predicted molar refractivity (Wildman–Crippen MR) is 40.5 cm³/mol. The van der Waals surface area contributed by atoms with Crippen LogP contribution in [0.5, 0.6) is 0 Å². The topological polar surface area (TPSA) is 29.5 Å². The van der Waals surface area contributed by atoms with Crippen LogP contribution in [0.3, 0.4) is 0 Å². The number of ether oxygens (including phenoxy) is 1. The standard InChI is InChI=1S/C8H14O2/c1-5-6(2)10-8(4)7(3)9/h1,6-9H,2-4H3. The van der Waals surface area contributed by atoms with Crippen LogP contribution in [0.1, 0.15) is 20.8 Å². The van der Waals surface area contributed by atoms with E-state index in [4.69, 9.17) is 16.3 Å². The number of terminal acetylenes is 1. The fourth-order valence-corrected chi connectivity index (χ4v) is 0.475. The van der Waals surface area contributed by atoms with Crippen molar-refractivity contribution < 1.29 is 9.84 Å². The quantitative estimate of drug-likeness (QED) is 0.590. The molecule has 0 aromatic heterocycles. The van der Waals surface area contributed by atoms with Gasteiger partial charge >= 0.3 is 0 Å². The van der Waals surface area contributed by atoms with Gasteiger partial charge in [0.2, 0.25) is 0 Å². The highest BCUT2D eigenvalue weighted by molar-refractivity contribution is 4.92. The summed E-state index contributed by atoms with van der Waals surface area (Å²) < 4.78 is 5.17. The van der Waals surface area contributed by atoms with Crippen molar-refractivity contribution in [3.05, 3.63) is 0 Å². The van der Waals surface area contributed by atoms with Gasteiger partial charge in [0, 0.05) is 0 Å². The van der Waals surface area contributed by atoms with E-state index < -0.39 is 6.10 Å². The Balaban J connectivity index is 3.59. The van der Waals surface area contributed by atoms with Crippen molar-refractivity contribution in [2.45, 2.75) is 39.1 Å². The Bertz CT molecular complexity index is 124. The molecule has 0 aliphatic rings. The molecule has 0 saturated carbocycles. The molecule has 0 aromatic carbocycles. The first-order chi connectivity index (χ1) is 4.57. The van der Waals surface area contributed by atoms with Gasteiger partial charge in [-0.2, -0.15) is 0 Å². The van der Waals surface area contributed by atoms with Crippen LogP contribution >= 0.6 is 0 Å². The first kappa shape index (κ1) is 9.48. The summed E-state index contributed by atoms with van der Waals surface area (Å²) in [6, 6.07) is 0. The SMILES string of the molecule is C#CC(C)OC(C)C(C)O. The van der Waals surface area contributed by atoms with Crippen molar-refractivity contribution in [2.24, 2.45) is 0 Å². The summed E-state index contributed by atoms with van der Waals surface area (Å²) in [7, 11) is 0. The molecule has 58 valence electrons. The number of aliphatic hydroxyl groups excluding tert-OH is 1. The van der Waals surface area contributed by atoms with E-state index in [1.165, 1.54) is 0 Å². The first-order valence-corrected chi connectivity index (χ1v) is 3.37. The zero-order chi connectivity index (χ0) is 8.15. The van der Waals surface area contributed by atoms with Crippen molar-refractivity contribution in [3.8, 4) is 12.3 Å². The maximum Gasteiger partial charge on any atom is 0.115 e. The van der Waals surface area contributed by atoms with Crippen LogP contribution < -0.4 is 0 Å². The minimum absolute atomic E-state index is 0.189. The molecule has 10 heavy (non-hydrogen) atoms. The molecule has 2 heteroatoms. The lowest BCUT2D eigenvalue weighted by molar-refractivity contribution is -0.0347. The van der Waals surface area contributed by atoms with E-state index in [-0.39, 0.29) is 12.2 Å². The van der Waals surface area contributed by atoms with E-state index in [9.17, 15) is 0 Å². The van der Waals surface area contributed by atoms with Gasteiger partial charge in [-0.15, -0.1) is 6.42 Å². The van der Waals surface area contributed by atoms with Crippen molar-refractivity contribution in [1.82, 2.24) is 0 Å². The second-order valence-corrected chi connectivity index (χ2v) is 2.39. The Morgan fingerprint density at radius 2 is 1.90 bits per heavy atom. The van der Waals surface area contributed by atoms with Gasteiger partial charge in [0.1, 0.15) is 6.10 Å². The predicted octanol–water partition coefficient (Wildman–Crippen LogP) is 0.794. The number of aliphatic hydroxyl groups is 1. The van der Waals surface area contributed by atoms with Crippen molar-refractivity contribution in [1.29, 1.82) is 0 Å². The van der Waals surface area contributed by atoms with E-state index in [0.29, 0.717) is 0 Å². The van der Waals surface area contributed by atoms with Gasteiger partial charge in [0.15, 0.2) is 0 Å². The zero-order valence-corrected chi connectivity index (χ0v) is 6.66. The van der Waals surface area contributed by atoms with Crippen LogP contribution in [-0.4, -0.2) is 23.4 Å². The van der Waals surface area contributed by atoms with Crippen LogP contribution in [0.25, 0.3) is 0 Å². The molecule has 3 unspecified atom stereocenters. The van der Waals surface area contributed by atoms with Gasteiger partial charge in [0.05, 0.1) is 12.2 Å². The Hall–Kier alpha value is -0.520. The molecule has 3 atom stereocenters. The minimum atomic E-state index is -0.462. The number of hydrogen-bond donors (Lipinski definition) is 1. The third-order valence-electron chi connectivity index (χ3n) is 1.33. The maximum atomic E-state index is 8.97. The summed E-state index contributed by atoms with van der Waals surface area (Å²) in [5.41, 5.74) is 0. The average Bonchev–Trinajstić information content (AvgIpc) is 1.87. The maximum absolute atomic E-state index is 8.97. The summed E-state index contributed by atoms with van der Waals surface area (Å²) in [6.07, 6.45) is 4.19. The van der Waals surface area contributed by atoms with E-state index in [1.54, 1.807) is 20.8 Å². The normalized spacial score (nSPS) is 19.1. The van der Waals surface area contributed by atoms with E-state index in [1.807, 2.05) is 0 Å². The first-order valence-electron chi connectivity index (χ1n) is 3.37. The van der Waals surface area contributed by atoms with Crippen molar-refractivity contribution in [2.75, 3.05) is 0 Å². The molecule has 1 N–H and O–H groups in total. The molecular formula is C8H14O2. The van der Waals surface area contributed by atoms with Crippen molar-refractivity contribution in [3.63, 3.8) is 0 Å². The summed E-state index contributed by atoms with van der Waals surface area (Å²) in [5.74, 6) is 2.42. The summed E-state index contributed by atoms with van der Waals surface area (Å²) in [6.45, 7) is 5.24. The average molecular weight is 142 g/mol. The van der Waals surface area contributed by atoms with E-state index >= 15 is 0 Å². The van der Waals surface area contributed by atoms with Gasteiger partial charge < -0.3 is 9.84 Å². The van der Waals surface area contributed by atoms with Crippen LogP contribution in [0.15, 0.2) is 0 Å². The van der Waals surface area contributed by atoms with Gasteiger partial charge in [-0.05, 0) is 20.8 Å². The molecular weight excluding hydrogens is 128 g/mol. The summed E-state index contributed by atoms with van der Waals surface area (Å²) in [4.78, 5) is 0. The van der Waals surface area contributed by atoms with Gasteiger partial charge in [-0.1, -0.05) is 5.92 Å². The van der Waals surface area contributed by atoms with Gasteiger partial charge in [-0.3, -0.25) is 0 Å². The van der Waals surface area contributed by atoms with Crippen LogP contribution in [0.4, 0.5) is 0 Å². The van der Waals surface area contributed by atoms with E-state index in [2.05, 4.69) is 5.92 Å². The largest absolute Gasteiger partial charge is 0.391 e. The van der Waals surface area contributed by atoms with Crippen LogP contribution in [-0.2, 0) is 4.74 Å². The molecule has 0 amide bonds. The third-order valence-corrected chi connectivity index (χ3v) is 1.33. The fraction of sp³-hybridized carbons (Fsp3) is 0.750. The molecule has 0 spiro atoms. The van der Waals surface area contributed by atoms with Crippen LogP contribution in [0, 0.1) is 12.3 Å². The lowest BCUT2D eigenvalue weighted by Gasteiger charge is -2.17. The Morgan fingerprint density at radius 1 is 1.40 bits per heavy atom. The molecule has 0 radical (unpaired) electrons. The Kier molecular flexibility index (Phi) is 4.10. The van der Waals surface area contributed by atoms with Crippen LogP contribution in [0.2, 0.25) is 0 Å². The molecule has 0 aromatic rings. The van der Waals surface area contributed by atoms with Gasteiger partial charge in [0.25, 0.3) is 0 Å². The highest BCUT2D eigenvalue weighted by Gasteiger charge is 2.10. The zero-order valence-electron chi connectivity index (χ0n) is 6.66. The fourth-order valence-electron chi connectivity index (χ4n) is 0.475. The number of rotatable bonds is 3. The molecule has 0 rings (SSSR count). The van der Waals surface area contributed by atoms with E-state index in [0.717, 1.165) is 0 Å². The lowest BCUT2D eigenvalue weighted by Crippen LogP contribution is -2.26. The summed E-state index contributed by atoms with van der Waals surface area (Å²) in [5, 5.41) is 8.97. The highest BCUT2D eigenvalue weighted by Crippen LogP contribution is 2.00. The number of hydrogen-bond acceptors (Lipinski definition) is 2. The lowest BCUT2D eigenvalue weighted by atomic mass is 10.2. The Morgan fingerprint density at radius 3 is 2.20 bits per heavy atom. The second kappa shape index (κ2) is 4.32. The molecule has 0 saturated heterocycles. The molecule has 0 bridgehead atoms. The highest BCUT2D eigenvalue weighted by atomic mass is 16.5. The molecule has 0 heterocycles. The second-order valence-electron chi connectivity index (χ2n) is 2.39. The van der Waals surface area contributed by atoms with Crippen molar-refractivity contribution >= 4 is 0 Å². The smallest absolute Gasteiger partial charge is 0.115 e. The monoisotopic (exact) mass is 142 g/mol.